The first-order chi connectivity index (χ1) is 20.8. The molecule has 0 aromatic heterocycles. The van der Waals surface area contributed by atoms with Crippen molar-refractivity contribution in [3.63, 3.8) is 0 Å². The Labute approximate surface area is 270 Å². The monoisotopic (exact) mass is 636 g/mol. The summed E-state index contributed by atoms with van der Waals surface area (Å²) < 4.78 is 29.7. The van der Waals surface area contributed by atoms with Crippen molar-refractivity contribution in [2.45, 2.75) is 213 Å². The molecule has 0 heterocycles. The molecule has 0 aliphatic heterocycles. The lowest BCUT2D eigenvalue weighted by Crippen LogP contribution is -2.29. The fourth-order valence-electron chi connectivity index (χ4n) is 5.92. The zero-order chi connectivity index (χ0) is 32.3. The van der Waals surface area contributed by atoms with Crippen LogP contribution in [0.1, 0.15) is 206 Å². The van der Waals surface area contributed by atoms with Gasteiger partial charge in [-0.3, -0.25) is 8.74 Å². The number of nitrogens with two attached hydrogens (primary N) is 1. The van der Waals surface area contributed by atoms with E-state index in [4.69, 9.17) is 10.3 Å². The van der Waals surface area contributed by atoms with E-state index in [0.717, 1.165) is 7.11 Å². The van der Waals surface area contributed by atoms with Crippen LogP contribution >= 0.6 is 0 Å². The van der Waals surface area contributed by atoms with Gasteiger partial charge in [-0.15, -0.1) is 0 Å². The summed E-state index contributed by atoms with van der Waals surface area (Å²) in [5, 5.41) is 10.4. The smallest absolute Gasteiger partial charge is 0.392 e. The molecule has 0 bridgehead atoms. The molecule has 0 rings (SSSR count). The Morgan fingerprint density at radius 3 is 0.907 bits per heavy atom. The summed E-state index contributed by atoms with van der Waals surface area (Å²) in [6.45, 7) is 5.02. The lowest BCUT2D eigenvalue weighted by atomic mass is 9.89. The van der Waals surface area contributed by atoms with Gasteiger partial charge in [0, 0.05) is 6.54 Å². The van der Waals surface area contributed by atoms with Crippen molar-refractivity contribution in [3.05, 3.63) is 0 Å². The highest BCUT2D eigenvalue weighted by molar-refractivity contribution is 7.80. The minimum Gasteiger partial charge on any atom is -0.392 e. The lowest BCUT2D eigenvalue weighted by molar-refractivity contribution is 0.101. The molecule has 0 aromatic carbocycles. The van der Waals surface area contributed by atoms with Gasteiger partial charge in [0.15, 0.2) is 0 Å². The molecule has 0 saturated heterocycles. The van der Waals surface area contributed by atoms with E-state index in [9.17, 15) is 13.5 Å². The third-order valence-corrected chi connectivity index (χ3v) is 9.27. The molecule has 43 heavy (non-hydrogen) atoms. The van der Waals surface area contributed by atoms with Crippen LogP contribution in [0.3, 0.4) is 0 Å². The number of rotatable bonds is 33. The largest absolute Gasteiger partial charge is 0.397 e. The van der Waals surface area contributed by atoms with E-state index in [1.807, 2.05) is 0 Å². The molecule has 6 nitrogen and oxygen atoms in total. The molecular formula is C36H77NO5S. The molecule has 1 unspecified atom stereocenters. The van der Waals surface area contributed by atoms with Gasteiger partial charge in [0.25, 0.3) is 0 Å². The van der Waals surface area contributed by atoms with Crippen LogP contribution in [0.4, 0.5) is 0 Å². The number of hydrogen-bond donors (Lipinski definition) is 3. The van der Waals surface area contributed by atoms with Gasteiger partial charge >= 0.3 is 10.4 Å². The molecule has 0 spiro atoms. The van der Waals surface area contributed by atoms with Crippen LogP contribution in [0, 0.1) is 5.92 Å². The van der Waals surface area contributed by atoms with Crippen LogP contribution in [0.25, 0.3) is 0 Å². The third-order valence-electron chi connectivity index (χ3n) is 8.85. The van der Waals surface area contributed by atoms with E-state index in [1.54, 1.807) is 0 Å². The number of aliphatic hydroxyl groups is 1. The van der Waals surface area contributed by atoms with E-state index in [2.05, 4.69) is 18.0 Å². The van der Waals surface area contributed by atoms with Crippen molar-refractivity contribution in [1.29, 1.82) is 0 Å². The standard InChI is InChI=1S/C35H73NO.CH4O4S/c1-3-5-7-9-11-13-15-17-19-21-23-25-27-29-31-34(35(37)33-36)32-30-28-26-24-22-20-18-16-14-12-10-8-6-4-2;1-5-6(2,3)4/h34-35,37H,3-33,36H2,1-2H3;1H3,(H,2,3,4). The van der Waals surface area contributed by atoms with Crippen molar-refractivity contribution in [3.8, 4) is 0 Å². The van der Waals surface area contributed by atoms with Gasteiger partial charge < -0.3 is 10.8 Å². The van der Waals surface area contributed by atoms with E-state index in [-0.39, 0.29) is 6.10 Å². The summed E-state index contributed by atoms with van der Waals surface area (Å²) >= 11 is 0. The van der Waals surface area contributed by atoms with Gasteiger partial charge in [-0.25, -0.2) is 0 Å². The molecule has 0 fully saturated rings. The molecule has 262 valence electrons. The second-order valence-electron chi connectivity index (χ2n) is 12.9. The third kappa shape index (κ3) is 39.8. The minimum absolute atomic E-state index is 0.288. The first kappa shape index (κ1) is 44.9. The fraction of sp³-hybridized carbons (Fsp3) is 1.00. The summed E-state index contributed by atoms with van der Waals surface area (Å²) in [4.78, 5) is 0. The van der Waals surface area contributed by atoms with E-state index in [0.29, 0.717) is 12.5 Å². The van der Waals surface area contributed by atoms with Gasteiger partial charge in [-0.1, -0.05) is 194 Å². The lowest BCUT2D eigenvalue weighted by Gasteiger charge is -2.22. The van der Waals surface area contributed by atoms with Crippen LogP contribution in [0.5, 0.6) is 0 Å². The Hall–Kier alpha value is -0.210. The maximum Gasteiger partial charge on any atom is 0.397 e. The molecule has 0 amide bonds. The molecule has 1 atom stereocenters. The highest BCUT2D eigenvalue weighted by Gasteiger charge is 2.17. The normalized spacial score (nSPS) is 12.4. The van der Waals surface area contributed by atoms with Gasteiger partial charge in [-0.2, -0.15) is 8.42 Å². The number of aliphatic hydroxyl groups excluding tert-OH is 1. The topological polar surface area (TPSA) is 110 Å². The van der Waals surface area contributed by atoms with Gasteiger partial charge in [-0.05, 0) is 18.8 Å². The highest BCUT2D eigenvalue weighted by atomic mass is 32.3. The molecule has 0 aliphatic rings. The van der Waals surface area contributed by atoms with E-state index < -0.39 is 10.4 Å². The molecule has 0 saturated carbocycles. The minimum atomic E-state index is -4.16. The molecule has 0 aromatic rings. The second-order valence-corrected chi connectivity index (χ2v) is 14.1. The Kier molecular flexibility index (Phi) is 37.9. The predicted octanol–water partition coefficient (Wildman–Crippen LogP) is 11.1. The van der Waals surface area contributed by atoms with Gasteiger partial charge in [0.2, 0.25) is 0 Å². The summed E-state index contributed by atoms with van der Waals surface area (Å²) in [6, 6.07) is 0. The summed E-state index contributed by atoms with van der Waals surface area (Å²) in [5.74, 6) is 0.430. The zero-order valence-electron chi connectivity index (χ0n) is 29.2. The van der Waals surface area contributed by atoms with Crippen molar-refractivity contribution in [1.82, 2.24) is 0 Å². The summed E-state index contributed by atoms with van der Waals surface area (Å²) in [7, 11) is -3.29. The number of unbranched alkanes of at least 4 members (excludes halogenated alkanes) is 26. The SMILES string of the molecule is CCCCCCCCCCCCCCCCC(CCCCCCCCCCCCCCCC)C(O)CN.COS(=O)(=O)O. The molecule has 0 aliphatic carbocycles. The summed E-state index contributed by atoms with van der Waals surface area (Å²) in [6.07, 6.45) is 41.5. The first-order valence-corrected chi connectivity index (χ1v) is 20.1. The molecule has 7 heteroatoms. The predicted molar refractivity (Wildman–Crippen MR) is 187 cm³/mol. The van der Waals surface area contributed by atoms with Crippen LogP contribution in [0.15, 0.2) is 0 Å². The van der Waals surface area contributed by atoms with Crippen LogP contribution in [0.2, 0.25) is 0 Å². The zero-order valence-corrected chi connectivity index (χ0v) is 30.0. The van der Waals surface area contributed by atoms with E-state index in [1.165, 1.54) is 193 Å². The van der Waals surface area contributed by atoms with E-state index >= 15 is 0 Å². The highest BCUT2D eigenvalue weighted by Crippen LogP contribution is 2.22. The van der Waals surface area contributed by atoms with Crippen LogP contribution in [-0.4, -0.2) is 37.8 Å². The Balaban J connectivity index is 0. The quantitative estimate of drug-likeness (QED) is 0.0489. The average molecular weight is 636 g/mol. The van der Waals surface area contributed by atoms with Crippen molar-refractivity contribution < 1.29 is 22.3 Å². The molecule has 0 radical (unpaired) electrons. The van der Waals surface area contributed by atoms with Crippen molar-refractivity contribution in [2.75, 3.05) is 13.7 Å². The average Bonchev–Trinajstić information content (AvgIpc) is 2.99. The first-order valence-electron chi connectivity index (χ1n) is 18.7. The molecular weight excluding hydrogens is 558 g/mol. The Morgan fingerprint density at radius 2 is 0.721 bits per heavy atom. The Bertz CT molecular complexity index is 585. The van der Waals surface area contributed by atoms with Crippen molar-refractivity contribution >= 4 is 10.4 Å². The summed E-state index contributed by atoms with van der Waals surface area (Å²) in [5.41, 5.74) is 5.82. The van der Waals surface area contributed by atoms with Crippen LogP contribution in [-0.2, 0) is 14.6 Å². The maximum absolute atomic E-state index is 10.4. The second kappa shape index (κ2) is 36.3. The fourth-order valence-corrected chi connectivity index (χ4v) is 5.92. The van der Waals surface area contributed by atoms with Crippen LogP contribution < -0.4 is 5.73 Å². The van der Waals surface area contributed by atoms with Gasteiger partial charge in [0.1, 0.15) is 0 Å². The molecule has 4 N–H and O–H groups in total. The van der Waals surface area contributed by atoms with Gasteiger partial charge in [0.05, 0.1) is 13.2 Å². The Morgan fingerprint density at radius 1 is 0.512 bits per heavy atom. The maximum atomic E-state index is 10.4. The number of hydrogen-bond acceptors (Lipinski definition) is 5. The van der Waals surface area contributed by atoms with Crippen molar-refractivity contribution in [2.24, 2.45) is 11.7 Å².